The molecule has 4 aromatic rings. The number of alkyl halides is 3. The van der Waals surface area contributed by atoms with Crippen molar-refractivity contribution >= 4 is 16.9 Å². The van der Waals surface area contributed by atoms with E-state index in [0.717, 1.165) is 36.3 Å². The van der Waals surface area contributed by atoms with Gasteiger partial charge in [0.15, 0.2) is 5.76 Å². The second-order valence-corrected chi connectivity index (χ2v) is 9.96. The van der Waals surface area contributed by atoms with Crippen LogP contribution in [0, 0.1) is 0 Å². The van der Waals surface area contributed by atoms with Gasteiger partial charge in [-0.2, -0.15) is 13.2 Å². The summed E-state index contributed by atoms with van der Waals surface area (Å²) < 4.78 is 59.1. The number of hydrogen-bond acceptors (Lipinski definition) is 5. The third-order valence-electron chi connectivity index (χ3n) is 7.57. The smallest absolute Gasteiger partial charge is 0.416 e. The number of piperidine rings is 1. The maximum atomic E-state index is 13.4. The predicted molar refractivity (Wildman–Crippen MR) is 138 cm³/mol. The van der Waals surface area contributed by atoms with Gasteiger partial charge in [0, 0.05) is 31.3 Å². The number of furan rings is 1. The largest absolute Gasteiger partial charge is 0.497 e. The van der Waals surface area contributed by atoms with Gasteiger partial charge in [0.05, 0.1) is 23.7 Å². The number of hydrogen-bond donors (Lipinski definition) is 0. The molecule has 1 amide bonds. The summed E-state index contributed by atoms with van der Waals surface area (Å²) in [6.45, 7) is 1.59. The standard InChI is InChI=1S/C29H28F3N3O4/c1-37-21-7-4-18(5-8-21)24-10-11-26(39-24)28(36)34-14-12-20(13-15-34)35-23-9-6-19(29(30,31)32)17-22(23)33-27(35)25-3-2-16-38-25/h4-11,17,20,25H,2-3,12-16H2,1H3/t25-/m0/s1. The zero-order chi connectivity index (χ0) is 27.1. The number of nitrogens with zero attached hydrogens (tertiary/aromatic N) is 3. The molecule has 0 spiro atoms. The first-order valence-electron chi connectivity index (χ1n) is 13.1. The van der Waals surface area contributed by atoms with E-state index in [2.05, 4.69) is 4.98 Å². The summed E-state index contributed by atoms with van der Waals surface area (Å²) in [5.41, 5.74) is 1.10. The van der Waals surface area contributed by atoms with Crippen LogP contribution in [0.4, 0.5) is 13.2 Å². The van der Waals surface area contributed by atoms with Crippen LogP contribution >= 0.6 is 0 Å². The number of amides is 1. The quantitative estimate of drug-likeness (QED) is 0.284. The summed E-state index contributed by atoms with van der Waals surface area (Å²) >= 11 is 0. The molecule has 2 aliphatic rings. The number of benzene rings is 2. The van der Waals surface area contributed by atoms with Gasteiger partial charge in [-0.15, -0.1) is 0 Å². The van der Waals surface area contributed by atoms with Gasteiger partial charge in [-0.05, 0) is 80.3 Å². The minimum absolute atomic E-state index is 0.0125. The fourth-order valence-electron chi connectivity index (χ4n) is 5.53. The van der Waals surface area contributed by atoms with E-state index in [0.29, 0.717) is 55.2 Å². The lowest BCUT2D eigenvalue weighted by Gasteiger charge is -2.33. The lowest BCUT2D eigenvalue weighted by Crippen LogP contribution is -2.39. The molecule has 4 heterocycles. The Labute approximate surface area is 223 Å². The van der Waals surface area contributed by atoms with Gasteiger partial charge in [0.1, 0.15) is 23.4 Å². The van der Waals surface area contributed by atoms with E-state index in [1.165, 1.54) is 6.07 Å². The lowest BCUT2D eigenvalue weighted by molar-refractivity contribution is -0.137. The molecular formula is C29H28F3N3O4. The van der Waals surface area contributed by atoms with Gasteiger partial charge < -0.3 is 23.4 Å². The van der Waals surface area contributed by atoms with Crippen LogP contribution in [0.5, 0.6) is 5.75 Å². The summed E-state index contributed by atoms with van der Waals surface area (Å²) in [5, 5.41) is 0. The number of fused-ring (bicyclic) bond motifs is 1. The van der Waals surface area contributed by atoms with E-state index in [4.69, 9.17) is 13.9 Å². The summed E-state index contributed by atoms with van der Waals surface area (Å²) in [7, 11) is 1.60. The number of rotatable bonds is 5. The van der Waals surface area contributed by atoms with Gasteiger partial charge in [-0.3, -0.25) is 4.79 Å². The highest BCUT2D eigenvalue weighted by molar-refractivity contribution is 5.92. The Balaban J connectivity index is 1.21. The Bertz CT molecular complexity index is 1480. The lowest BCUT2D eigenvalue weighted by atomic mass is 10.0. The summed E-state index contributed by atoms with van der Waals surface area (Å²) in [6.07, 6.45) is -1.73. The monoisotopic (exact) mass is 539 g/mol. The molecule has 39 heavy (non-hydrogen) atoms. The number of methoxy groups -OCH3 is 1. The first-order chi connectivity index (χ1) is 18.8. The van der Waals surface area contributed by atoms with Crippen LogP contribution in [0.3, 0.4) is 0 Å². The molecule has 2 aromatic carbocycles. The van der Waals surface area contributed by atoms with Crippen molar-refractivity contribution in [3.63, 3.8) is 0 Å². The molecule has 2 saturated heterocycles. The minimum Gasteiger partial charge on any atom is -0.497 e. The van der Waals surface area contributed by atoms with Crippen molar-refractivity contribution in [2.75, 3.05) is 26.8 Å². The van der Waals surface area contributed by atoms with Crippen molar-refractivity contribution < 1.29 is 31.9 Å². The minimum atomic E-state index is -4.44. The normalized spacial score (nSPS) is 18.7. The molecule has 2 aliphatic heterocycles. The van der Waals surface area contributed by atoms with Gasteiger partial charge in [0.2, 0.25) is 0 Å². The van der Waals surface area contributed by atoms with E-state index in [1.54, 1.807) is 24.1 Å². The molecule has 0 aliphatic carbocycles. The van der Waals surface area contributed by atoms with E-state index >= 15 is 0 Å². The van der Waals surface area contributed by atoms with Crippen molar-refractivity contribution in [1.29, 1.82) is 0 Å². The van der Waals surface area contributed by atoms with Crippen LogP contribution in [0.1, 0.15) is 59.8 Å². The predicted octanol–water partition coefficient (Wildman–Crippen LogP) is 6.65. The van der Waals surface area contributed by atoms with E-state index in [1.807, 2.05) is 28.8 Å². The van der Waals surface area contributed by atoms with Gasteiger partial charge in [0.25, 0.3) is 5.91 Å². The number of aromatic nitrogens is 2. The number of likely N-dealkylation sites (tertiary alicyclic amines) is 1. The summed E-state index contributed by atoms with van der Waals surface area (Å²) in [4.78, 5) is 19.6. The molecule has 2 aromatic heterocycles. The van der Waals surface area contributed by atoms with Crippen LogP contribution in [-0.4, -0.2) is 47.2 Å². The molecule has 10 heteroatoms. The second-order valence-electron chi connectivity index (χ2n) is 9.96. The average molecular weight is 540 g/mol. The zero-order valence-electron chi connectivity index (χ0n) is 21.4. The van der Waals surface area contributed by atoms with Crippen LogP contribution < -0.4 is 4.74 Å². The Morgan fingerprint density at radius 1 is 1.03 bits per heavy atom. The van der Waals surface area contributed by atoms with Crippen LogP contribution in [0.25, 0.3) is 22.4 Å². The zero-order valence-corrected chi connectivity index (χ0v) is 21.4. The number of carbonyl (C=O) groups is 1. The number of carbonyl (C=O) groups excluding carboxylic acids is 1. The third kappa shape index (κ3) is 4.89. The molecule has 0 radical (unpaired) electrons. The van der Waals surface area contributed by atoms with Crippen molar-refractivity contribution in [3.05, 3.63) is 71.7 Å². The van der Waals surface area contributed by atoms with Crippen molar-refractivity contribution in [2.45, 2.75) is 44.0 Å². The SMILES string of the molecule is COc1ccc(-c2ccc(C(=O)N3CCC(n4c([C@@H]5CCCO5)nc5cc(C(F)(F)F)ccc54)CC3)o2)cc1. The first-order valence-corrected chi connectivity index (χ1v) is 13.1. The molecule has 0 unspecified atom stereocenters. The van der Waals surface area contributed by atoms with Gasteiger partial charge >= 0.3 is 6.18 Å². The number of ether oxygens (including phenoxy) is 2. The van der Waals surface area contributed by atoms with Crippen molar-refractivity contribution in [3.8, 4) is 17.1 Å². The highest BCUT2D eigenvalue weighted by Crippen LogP contribution is 2.38. The van der Waals surface area contributed by atoms with E-state index in [-0.39, 0.29) is 23.8 Å². The van der Waals surface area contributed by atoms with Crippen molar-refractivity contribution in [1.82, 2.24) is 14.5 Å². The molecule has 1 atom stereocenters. The van der Waals surface area contributed by atoms with Crippen LogP contribution in [0.2, 0.25) is 0 Å². The first kappa shape index (κ1) is 25.5. The van der Waals surface area contributed by atoms with Gasteiger partial charge in [-0.25, -0.2) is 4.98 Å². The summed E-state index contributed by atoms with van der Waals surface area (Å²) in [5.74, 6) is 2.09. The maximum Gasteiger partial charge on any atom is 0.416 e. The number of halogens is 3. The molecule has 204 valence electrons. The van der Waals surface area contributed by atoms with Crippen molar-refractivity contribution in [2.24, 2.45) is 0 Å². The molecule has 0 saturated carbocycles. The highest BCUT2D eigenvalue weighted by atomic mass is 19.4. The Hall–Kier alpha value is -3.79. The molecule has 7 nitrogen and oxygen atoms in total. The highest BCUT2D eigenvalue weighted by Gasteiger charge is 2.34. The summed E-state index contributed by atoms with van der Waals surface area (Å²) in [6, 6.07) is 14.6. The Morgan fingerprint density at radius 2 is 1.79 bits per heavy atom. The average Bonchev–Trinajstić information content (AvgIpc) is 3.72. The topological polar surface area (TPSA) is 69.7 Å². The van der Waals surface area contributed by atoms with Crippen LogP contribution in [-0.2, 0) is 10.9 Å². The Morgan fingerprint density at radius 3 is 2.46 bits per heavy atom. The van der Waals surface area contributed by atoms with Crippen LogP contribution in [0.15, 0.2) is 59.0 Å². The van der Waals surface area contributed by atoms with E-state index in [9.17, 15) is 18.0 Å². The molecule has 6 rings (SSSR count). The molecular weight excluding hydrogens is 511 g/mol. The second kappa shape index (κ2) is 10.1. The van der Waals surface area contributed by atoms with Gasteiger partial charge in [-0.1, -0.05) is 0 Å². The maximum absolute atomic E-state index is 13.4. The Kier molecular flexibility index (Phi) is 6.58. The fraction of sp³-hybridized carbons (Fsp3) is 0.379. The van der Waals surface area contributed by atoms with E-state index < -0.39 is 11.7 Å². The molecule has 2 fully saturated rings. The molecule has 0 bridgehead atoms. The third-order valence-corrected chi connectivity index (χ3v) is 7.57. The number of imidazole rings is 1. The molecule has 0 N–H and O–H groups in total. The fourth-order valence-corrected chi connectivity index (χ4v) is 5.53.